The predicted octanol–water partition coefficient (Wildman–Crippen LogP) is 4.07. The molecule has 0 aromatic heterocycles. The van der Waals surface area contributed by atoms with Crippen molar-refractivity contribution < 1.29 is 4.79 Å². The Balaban J connectivity index is 1.99. The third-order valence-corrected chi connectivity index (χ3v) is 3.04. The summed E-state index contributed by atoms with van der Waals surface area (Å²) < 4.78 is 0. The second-order valence-corrected chi connectivity index (χ2v) is 4.82. The first-order valence-electron chi connectivity index (χ1n) is 6.91. The van der Waals surface area contributed by atoms with E-state index in [0.29, 0.717) is 5.56 Å². The van der Waals surface area contributed by atoms with E-state index in [2.05, 4.69) is 17.6 Å². The van der Waals surface area contributed by atoms with Crippen molar-refractivity contribution >= 4 is 17.3 Å². The zero-order valence-electron chi connectivity index (χ0n) is 11.9. The highest BCUT2D eigenvalue weighted by Crippen LogP contribution is 2.15. The number of carbonyl (C=O) groups excluding carboxylic acids is 1. The van der Waals surface area contributed by atoms with Gasteiger partial charge in [-0.05, 0) is 49.7 Å². The van der Waals surface area contributed by atoms with E-state index in [1.165, 1.54) is 0 Å². The monoisotopic (exact) mass is 268 g/mol. The largest absolute Gasteiger partial charge is 0.385 e. The summed E-state index contributed by atoms with van der Waals surface area (Å²) in [6, 6.07) is 15.3. The van der Waals surface area contributed by atoms with Gasteiger partial charge in [0, 0.05) is 23.5 Å². The fourth-order valence-electron chi connectivity index (χ4n) is 1.85. The van der Waals surface area contributed by atoms with Crippen LogP contribution in [0.25, 0.3) is 0 Å². The first-order chi connectivity index (χ1) is 9.69. The van der Waals surface area contributed by atoms with Crippen LogP contribution in [0.5, 0.6) is 0 Å². The Morgan fingerprint density at radius 1 is 0.950 bits per heavy atom. The third-order valence-electron chi connectivity index (χ3n) is 3.04. The number of benzene rings is 2. The molecule has 0 atom stereocenters. The second kappa shape index (κ2) is 6.75. The van der Waals surface area contributed by atoms with Crippen LogP contribution in [-0.4, -0.2) is 12.5 Å². The van der Waals surface area contributed by atoms with E-state index < -0.39 is 0 Å². The lowest BCUT2D eigenvalue weighted by Gasteiger charge is -2.08. The molecule has 0 spiro atoms. The summed E-state index contributed by atoms with van der Waals surface area (Å²) in [5, 5.41) is 6.19. The highest BCUT2D eigenvalue weighted by Gasteiger charge is 2.05. The van der Waals surface area contributed by atoms with Crippen molar-refractivity contribution in [3.63, 3.8) is 0 Å². The molecule has 0 aliphatic rings. The van der Waals surface area contributed by atoms with E-state index in [4.69, 9.17) is 0 Å². The van der Waals surface area contributed by atoms with Gasteiger partial charge in [-0.2, -0.15) is 0 Å². The molecule has 0 radical (unpaired) electrons. The van der Waals surface area contributed by atoms with Crippen LogP contribution < -0.4 is 10.6 Å². The standard InChI is InChI=1S/C17H20N2O/c1-3-12-18-15-8-10-16(11-9-15)19-17(20)14-6-4-13(2)5-7-14/h4-11,18H,3,12H2,1-2H3,(H,19,20). The van der Waals surface area contributed by atoms with Crippen molar-refractivity contribution in [1.82, 2.24) is 0 Å². The Bertz CT molecular complexity index is 559. The van der Waals surface area contributed by atoms with Crippen molar-refractivity contribution in [3.8, 4) is 0 Å². The van der Waals surface area contributed by atoms with Crippen molar-refractivity contribution in [2.24, 2.45) is 0 Å². The molecule has 20 heavy (non-hydrogen) atoms. The first kappa shape index (κ1) is 14.1. The highest BCUT2D eigenvalue weighted by molar-refractivity contribution is 6.04. The minimum Gasteiger partial charge on any atom is -0.385 e. The number of aryl methyl sites for hydroxylation is 1. The number of rotatable bonds is 5. The van der Waals surface area contributed by atoms with E-state index in [0.717, 1.165) is 29.9 Å². The molecular weight excluding hydrogens is 248 g/mol. The lowest BCUT2D eigenvalue weighted by Crippen LogP contribution is -2.11. The summed E-state index contributed by atoms with van der Waals surface area (Å²) in [7, 11) is 0. The number of amides is 1. The lowest BCUT2D eigenvalue weighted by atomic mass is 10.1. The van der Waals surface area contributed by atoms with Gasteiger partial charge < -0.3 is 10.6 Å². The van der Waals surface area contributed by atoms with Gasteiger partial charge in [0.15, 0.2) is 0 Å². The fraction of sp³-hybridized carbons (Fsp3) is 0.235. The Morgan fingerprint density at radius 3 is 2.15 bits per heavy atom. The van der Waals surface area contributed by atoms with E-state index in [1.54, 1.807) is 0 Å². The Labute approximate surface area is 120 Å². The second-order valence-electron chi connectivity index (χ2n) is 4.82. The number of hydrogen-bond acceptors (Lipinski definition) is 2. The predicted molar refractivity (Wildman–Crippen MR) is 84.4 cm³/mol. The molecule has 0 aliphatic heterocycles. The molecule has 2 N–H and O–H groups in total. The SMILES string of the molecule is CCCNc1ccc(NC(=O)c2ccc(C)cc2)cc1. The van der Waals surface area contributed by atoms with Gasteiger partial charge in [-0.25, -0.2) is 0 Å². The number of hydrogen-bond donors (Lipinski definition) is 2. The average molecular weight is 268 g/mol. The Kier molecular flexibility index (Phi) is 4.77. The van der Waals surface area contributed by atoms with Gasteiger partial charge in [-0.15, -0.1) is 0 Å². The normalized spacial score (nSPS) is 10.1. The molecule has 0 unspecified atom stereocenters. The van der Waals surface area contributed by atoms with Crippen LogP contribution in [0.15, 0.2) is 48.5 Å². The van der Waals surface area contributed by atoms with Crippen LogP contribution in [0.1, 0.15) is 29.3 Å². The summed E-state index contributed by atoms with van der Waals surface area (Å²) in [6.45, 7) is 5.09. The molecule has 0 saturated heterocycles. The molecule has 2 rings (SSSR count). The molecule has 0 saturated carbocycles. The van der Waals surface area contributed by atoms with E-state index in [-0.39, 0.29) is 5.91 Å². The fourth-order valence-corrected chi connectivity index (χ4v) is 1.85. The third kappa shape index (κ3) is 3.85. The maximum Gasteiger partial charge on any atom is 0.255 e. The molecule has 0 heterocycles. The molecule has 0 fully saturated rings. The van der Waals surface area contributed by atoms with Gasteiger partial charge >= 0.3 is 0 Å². The first-order valence-corrected chi connectivity index (χ1v) is 6.91. The number of nitrogens with one attached hydrogen (secondary N) is 2. The Morgan fingerprint density at radius 2 is 1.55 bits per heavy atom. The maximum atomic E-state index is 12.1. The van der Waals surface area contributed by atoms with Crippen LogP contribution in [-0.2, 0) is 0 Å². The molecule has 1 amide bonds. The zero-order chi connectivity index (χ0) is 14.4. The minimum atomic E-state index is -0.0840. The Hall–Kier alpha value is -2.29. The quantitative estimate of drug-likeness (QED) is 0.858. The average Bonchev–Trinajstić information content (AvgIpc) is 2.47. The van der Waals surface area contributed by atoms with E-state index in [1.807, 2.05) is 55.5 Å². The van der Waals surface area contributed by atoms with Gasteiger partial charge in [-0.1, -0.05) is 24.6 Å². The minimum absolute atomic E-state index is 0.0840. The van der Waals surface area contributed by atoms with Crippen molar-refractivity contribution in [2.75, 3.05) is 17.2 Å². The van der Waals surface area contributed by atoms with Gasteiger partial charge in [0.1, 0.15) is 0 Å². The van der Waals surface area contributed by atoms with Crippen molar-refractivity contribution in [1.29, 1.82) is 0 Å². The van der Waals surface area contributed by atoms with Crippen molar-refractivity contribution in [3.05, 3.63) is 59.7 Å². The van der Waals surface area contributed by atoms with E-state index in [9.17, 15) is 4.79 Å². The van der Waals surface area contributed by atoms with Gasteiger partial charge in [0.05, 0.1) is 0 Å². The summed E-state index contributed by atoms with van der Waals surface area (Å²) >= 11 is 0. The summed E-state index contributed by atoms with van der Waals surface area (Å²) in [5.41, 5.74) is 3.69. The molecule has 104 valence electrons. The molecular formula is C17H20N2O. The smallest absolute Gasteiger partial charge is 0.255 e. The van der Waals surface area contributed by atoms with Gasteiger partial charge in [0.25, 0.3) is 5.91 Å². The maximum absolute atomic E-state index is 12.1. The molecule has 2 aromatic carbocycles. The lowest BCUT2D eigenvalue weighted by molar-refractivity contribution is 0.102. The summed E-state index contributed by atoms with van der Waals surface area (Å²) in [5.74, 6) is -0.0840. The zero-order valence-corrected chi connectivity index (χ0v) is 11.9. The number of anilines is 2. The number of carbonyl (C=O) groups is 1. The molecule has 3 nitrogen and oxygen atoms in total. The summed E-state index contributed by atoms with van der Waals surface area (Å²) in [4.78, 5) is 12.1. The van der Waals surface area contributed by atoms with Gasteiger partial charge in [-0.3, -0.25) is 4.79 Å². The molecule has 2 aromatic rings. The van der Waals surface area contributed by atoms with Crippen LogP contribution in [0, 0.1) is 6.92 Å². The van der Waals surface area contributed by atoms with Crippen LogP contribution in [0.2, 0.25) is 0 Å². The van der Waals surface area contributed by atoms with E-state index >= 15 is 0 Å². The van der Waals surface area contributed by atoms with Gasteiger partial charge in [0.2, 0.25) is 0 Å². The topological polar surface area (TPSA) is 41.1 Å². The van der Waals surface area contributed by atoms with Crippen LogP contribution >= 0.6 is 0 Å². The molecule has 0 aliphatic carbocycles. The molecule has 0 bridgehead atoms. The van der Waals surface area contributed by atoms with Crippen LogP contribution in [0.4, 0.5) is 11.4 Å². The highest BCUT2D eigenvalue weighted by atomic mass is 16.1. The summed E-state index contributed by atoms with van der Waals surface area (Å²) in [6.07, 6.45) is 1.09. The molecule has 3 heteroatoms. The van der Waals surface area contributed by atoms with Crippen LogP contribution in [0.3, 0.4) is 0 Å². The van der Waals surface area contributed by atoms with Crippen molar-refractivity contribution in [2.45, 2.75) is 20.3 Å².